The third-order valence-corrected chi connectivity index (χ3v) is 6.23. The van der Waals surface area contributed by atoms with Crippen LogP contribution in [-0.4, -0.2) is 71.3 Å². The number of aromatic carboxylic acids is 1. The van der Waals surface area contributed by atoms with Gasteiger partial charge in [-0.25, -0.2) is 4.79 Å². The average molecular weight is 527 g/mol. The summed E-state index contributed by atoms with van der Waals surface area (Å²) in [6, 6.07) is 2.41. The lowest BCUT2D eigenvalue weighted by molar-refractivity contribution is -0.164. The van der Waals surface area contributed by atoms with Crippen molar-refractivity contribution in [3.63, 3.8) is 0 Å². The molecule has 0 aliphatic carbocycles. The molecule has 2 fully saturated rings. The first-order valence-electron chi connectivity index (χ1n) is 11.7. The van der Waals surface area contributed by atoms with Gasteiger partial charge in [0.1, 0.15) is 12.1 Å². The van der Waals surface area contributed by atoms with Crippen molar-refractivity contribution in [2.45, 2.75) is 71.4 Å². The highest BCUT2D eigenvalue weighted by Crippen LogP contribution is 2.25. The lowest BCUT2D eigenvalue weighted by Crippen LogP contribution is -2.56. The number of hydrogen-bond donors (Lipinski definition) is 4. The molecule has 1 aromatic rings. The van der Waals surface area contributed by atoms with Gasteiger partial charge < -0.3 is 36.3 Å². The second-order valence-electron chi connectivity index (χ2n) is 9.71. The number of hydrogen-bond acceptors (Lipinski definition) is 8. The Morgan fingerprint density at radius 1 is 1.33 bits per heavy atom. The minimum atomic E-state index is -1.01. The molecular weight excluding hydrogens is 492 g/mol. The molecule has 0 spiro atoms. The molecule has 6 N–H and O–H groups in total. The SMILES string of the molecule is CCO[C@@H]1OC(=O)C[C@@H]1NC(=O)[C@@H]1CCCN1C(=O)[C@@H](N)C(C)(C)C.Nc1ccc(C(=O)O)cc1Cl. The summed E-state index contributed by atoms with van der Waals surface area (Å²) in [5.41, 5.74) is 11.6. The molecular formula is C24H35ClN4O7. The normalized spacial score (nSPS) is 22.3. The fourth-order valence-electron chi connectivity index (χ4n) is 3.76. The van der Waals surface area contributed by atoms with E-state index >= 15 is 0 Å². The van der Waals surface area contributed by atoms with Crippen LogP contribution in [0, 0.1) is 5.41 Å². The first-order chi connectivity index (χ1) is 16.8. The van der Waals surface area contributed by atoms with Crippen LogP contribution in [0.4, 0.5) is 5.69 Å². The molecule has 4 atom stereocenters. The van der Waals surface area contributed by atoms with E-state index in [0.29, 0.717) is 25.3 Å². The van der Waals surface area contributed by atoms with Gasteiger partial charge in [0.15, 0.2) is 0 Å². The van der Waals surface area contributed by atoms with Crippen LogP contribution >= 0.6 is 11.6 Å². The number of benzene rings is 1. The van der Waals surface area contributed by atoms with E-state index in [9.17, 15) is 19.2 Å². The van der Waals surface area contributed by atoms with Crippen LogP contribution in [-0.2, 0) is 23.9 Å². The minimum Gasteiger partial charge on any atom is -0.478 e. The Bertz CT molecular complexity index is 982. The molecule has 11 nitrogen and oxygen atoms in total. The molecule has 2 aliphatic heterocycles. The molecule has 2 amide bonds. The number of anilines is 1. The van der Waals surface area contributed by atoms with Crippen molar-refractivity contribution in [2.24, 2.45) is 11.1 Å². The number of nitrogen functional groups attached to an aromatic ring is 1. The fourth-order valence-corrected chi connectivity index (χ4v) is 3.94. The number of carbonyl (C=O) groups is 4. The van der Waals surface area contributed by atoms with Crippen LogP contribution in [0.3, 0.4) is 0 Å². The highest BCUT2D eigenvalue weighted by molar-refractivity contribution is 6.33. The Hall–Kier alpha value is -2.89. The van der Waals surface area contributed by atoms with Gasteiger partial charge in [-0.15, -0.1) is 0 Å². The van der Waals surface area contributed by atoms with Gasteiger partial charge in [0, 0.05) is 13.2 Å². The number of carboxylic acids is 1. The lowest BCUT2D eigenvalue weighted by atomic mass is 9.86. The number of likely N-dealkylation sites (tertiary alicyclic amines) is 1. The Kier molecular flexibility index (Phi) is 10.1. The fraction of sp³-hybridized carbons (Fsp3) is 0.583. The van der Waals surface area contributed by atoms with Crippen molar-refractivity contribution < 1.29 is 33.8 Å². The van der Waals surface area contributed by atoms with Crippen LogP contribution < -0.4 is 16.8 Å². The molecule has 12 heteroatoms. The number of ether oxygens (including phenoxy) is 2. The quantitative estimate of drug-likeness (QED) is 0.318. The first kappa shape index (κ1) is 29.3. The maximum atomic E-state index is 12.7. The summed E-state index contributed by atoms with van der Waals surface area (Å²) in [5, 5.41) is 11.6. The Labute approximate surface area is 215 Å². The standard InChI is InChI=1S/C17H29N3O5.C7H6ClNO2/c1-5-24-16-10(9-12(21)25-16)19-14(22)11-7-6-8-20(11)15(23)13(18)17(2,3)4;8-5-3-4(7(10)11)1-2-6(5)9/h10-11,13,16H,5-9,18H2,1-4H3,(H,19,22);1-3H,9H2,(H,10,11)/t10-,11-,13+,16+;/m0./s1. The summed E-state index contributed by atoms with van der Waals surface area (Å²) in [5.74, 6) is -1.92. The van der Waals surface area contributed by atoms with Crippen LogP contribution in [0.2, 0.25) is 5.02 Å². The van der Waals surface area contributed by atoms with Gasteiger partial charge in [-0.05, 0) is 43.4 Å². The summed E-state index contributed by atoms with van der Waals surface area (Å²) in [4.78, 5) is 48.8. The topological polar surface area (TPSA) is 174 Å². The second-order valence-corrected chi connectivity index (χ2v) is 10.1. The van der Waals surface area contributed by atoms with E-state index in [1.54, 1.807) is 11.8 Å². The van der Waals surface area contributed by atoms with Crippen molar-refractivity contribution in [1.29, 1.82) is 0 Å². The molecule has 1 aromatic carbocycles. The molecule has 200 valence electrons. The third-order valence-electron chi connectivity index (χ3n) is 5.91. The predicted molar refractivity (Wildman–Crippen MR) is 133 cm³/mol. The summed E-state index contributed by atoms with van der Waals surface area (Å²) in [7, 11) is 0. The number of nitrogens with one attached hydrogen (secondary N) is 1. The zero-order valence-corrected chi connectivity index (χ0v) is 21.7. The number of esters is 1. The van der Waals surface area contributed by atoms with E-state index in [2.05, 4.69) is 5.32 Å². The zero-order valence-electron chi connectivity index (χ0n) is 21.0. The van der Waals surface area contributed by atoms with E-state index in [4.69, 9.17) is 37.6 Å². The van der Waals surface area contributed by atoms with Crippen molar-refractivity contribution in [2.75, 3.05) is 18.9 Å². The van der Waals surface area contributed by atoms with Crippen LogP contribution in [0.15, 0.2) is 18.2 Å². The molecule has 3 rings (SSSR count). The molecule has 2 aliphatic rings. The van der Waals surface area contributed by atoms with Crippen LogP contribution in [0.25, 0.3) is 0 Å². The van der Waals surface area contributed by atoms with Crippen molar-refractivity contribution in [3.8, 4) is 0 Å². The number of amides is 2. The molecule has 0 radical (unpaired) electrons. The molecule has 2 heterocycles. The Balaban J connectivity index is 0.000000346. The number of nitrogens with two attached hydrogens (primary N) is 2. The van der Waals surface area contributed by atoms with Gasteiger partial charge in [-0.3, -0.25) is 14.4 Å². The van der Waals surface area contributed by atoms with Gasteiger partial charge in [0.05, 0.1) is 28.7 Å². The average Bonchev–Trinajstić information content (AvgIpc) is 3.41. The predicted octanol–water partition coefficient (Wildman–Crippen LogP) is 1.77. The van der Waals surface area contributed by atoms with Gasteiger partial charge in [0.2, 0.25) is 18.1 Å². The highest BCUT2D eigenvalue weighted by atomic mass is 35.5. The Morgan fingerprint density at radius 3 is 2.56 bits per heavy atom. The molecule has 36 heavy (non-hydrogen) atoms. The third kappa shape index (κ3) is 7.55. The van der Waals surface area contributed by atoms with E-state index in [-0.39, 0.29) is 34.2 Å². The van der Waals surface area contributed by atoms with Gasteiger partial charge in [-0.2, -0.15) is 0 Å². The number of nitrogens with zero attached hydrogens (tertiary/aromatic N) is 1. The highest BCUT2D eigenvalue weighted by Gasteiger charge is 2.42. The molecule has 0 bridgehead atoms. The number of carbonyl (C=O) groups excluding carboxylic acids is 3. The second kappa shape index (κ2) is 12.4. The van der Waals surface area contributed by atoms with Gasteiger partial charge >= 0.3 is 11.9 Å². The van der Waals surface area contributed by atoms with Gasteiger partial charge in [0.25, 0.3) is 0 Å². The van der Waals surface area contributed by atoms with Crippen molar-refractivity contribution in [3.05, 3.63) is 28.8 Å². The molecule has 0 aromatic heterocycles. The van der Waals surface area contributed by atoms with E-state index < -0.39 is 36.4 Å². The molecule has 0 unspecified atom stereocenters. The maximum absolute atomic E-state index is 12.7. The summed E-state index contributed by atoms with van der Waals surface area (Å²) < 4.78 is 10.4. The zero-order chi connectivity index (χ0) is 27.2. The number of cyclic esters (lactones) is 1. The van der Waals surface area contributed by atoms with Crippen LogP contribution in [0.1, 0.15) is 57.3 Å². The first-order valence-corrected chi connectivity index (χ1v) is 12.1. The van der Waals surface area contributed by atoms with Crippen LogP contribution in [0.5, 0.6) is 0 Å². The van der Waals surface area contributed by atoms with Gasteiger partial charge in [-0.1, -0.05) is 32.4 Å². The van der Waals surface area contributed by atoms with E-state index in [1.165, 1.54) is 18.2 Å². The number of carboxylic acid groups (broad SMARTS) is 1. The Morgan fingerprint density at radius 2 is 2.00 bits per heavy atom. The number of halogens is 1. The number of rotatable bonds is 6. The molecule has 0 saturated carbocycles. The summed E-state index contributed by atoms with van der Waals surface area (Å²) in [6.45, 7) is 8.36. The van der Waals surface area contributed by atoms with E-state index in [1.807, 2.05) is 20.8 Å². The van der Waals surface area contributed by atoms with Crippen molar-refractivity contribution >= 4 is 41.0 Å². The minimum absolute atomic E-state index is 0.0680. The smallest absolute Gasteiger partial charge is 0.335 e. The largest absolute Gasteiger partial charge is 0.478 e. The lowest BCUT2D eigenvalue weighted by Gasteiger charge is -2.33. The summed E-state index contributed by atoms with van der Waals surface area (Å²) in [6.07, 6.45) is 0.618. The molecule has 2 saturated heterocycles. The van der Waals surface area contributed by atoms with Crippen molar-refractivity contribution in [1.82, 2.24) is 10.2 Å². The summed E-state index contributed by atoms with van der Waals surface area (Å²) >= 11 is 5.57. The maximum Gasteiger partial charge on any atom is 0.335 e. The van der Waals surface area contributed by atoms with E-state index in [0.717, 1.165) is 6.42 Å². The monoisotopic (exact) mass is 526 g/mol.